The van der Waals surface area contributed by atoms with Crippen molar-refractivity contribution in [3.8, 4) is 0 Å². The lowest BCUT2D eigenvalue weighted by atomic mass is 10.0. The van der Waals surface area contributed by atoms with Gasteiger partial charge in [0, 0.05) is 0 Å². The van der Waals surface area contributed by atoms with Crippen LogP contribution >= 0.6 is 23.2 Å². The Morgan fingerprint density at radius 1 is 1.40 bits per heavy atom. The van der Waals surface area contributed by atoms with Crippen molar-refractivity contribution < 1.29 is 17.9 Å². The molecule has 1 aromatic carbocycles. The van der Waals surface area contributed by atoms with Crippen molar-refractivity contribution in [2.75, 3.05) is 6.67 Å². The molecule has 20 heavy (non-hydrogen) atoms. The number of hydrogen-bond acceptors (Lipinski definition) is 3. The van der Waals surface area contributed by atoms with Crippen molar-refractivity contribution in [3.05, 3.63) is 35.4 Å². The van der Waals surface area contributed by atoms with Crippen LogP contribution in [-0.2, 0) is 21.6 Å². The predicted octanol–water partition coefficient (Wildman–Crippen LogP) is 3.02. The molecule has 8 heteroatoms. The molecule has 1 heterocycles. The maximum absolute atomic E-state index is 13.0. The van der Waals surface area contributed by atoms with E-state index in [-0.39, 0.29) is 11.7 Å². The second kappa shape index (κ2) is 6.85. The van der Waals surface area contributed by atoms with Crippen LogP contribution in [0.5, 0.6) is 0 Å². The van der Waals surface area contributed by atoms with Crippen LogP contribution in [-0.4, -0.2) is 32.2 Å². The van der Waals surface area contributed by atoms with Gasteiger partial charge in [-0.15, -0.1) is 0 Å². The molecule has 0 aliphatic carbocycles. The molecular weight excluding hydrogens is 328 g/mol. The third kappa shape index (κ3) is 3.69. The van der Waals surface area contributed by atoms with Crippen molar-refractivity contribution in [3.63, 3.8) is 0 Å². The standard InChI is InChI=1S/C12H12Cl2FNO3S/c13-11(14)12-16-9(5-15)10(19-12)8-3-1-7(2-4-8)6-20(17)18/h1-4,9-11H,5-6H2,(H,17,18)/t9-,10-/m1/s1. The van der Waals surface area contributed by atoms with E-state index in [2.05, 4.69) is 4.99 Å². The summed E-state index contributed by atoms with van der Waals surface area (Å²) in [5.41, 5.74) is 1.42. The lowest BCUT2D eigenvalue weighted by Crippen LogP contribution is -2.16. The summed E-state index contributed by atoms with van der Waals surface area (Å²) in [6, 6.07) is 6.14. The highest BCUT2D eigenvalue weighted by Gasteiger charge is 2.34. The minimum atomic E-state index is -1.89. The van der Waals surface area contributed by atoms with E-state index in [1.165, 1.54) is 0 Å². The molecule has 2 rings (SSSR count). The van der Waals surface area contributed by atoms with Gasteiger partial charge in [-0.3, -0.25) is 0 Å². The van der Waals surface area contributed by atoms with Crippen LogP contribution < -0.4 is 0 Å². The van der Waals surface area contributed by atoms with Gasteiger partial charge in [-0.1, -0.05) is 47.5 Å². The Hall–Kier alpha value is -0.690. The molecular formula is C12H12Cl2FNO3S. The fraction of sp³-hybridized carbons (Fsp3) is 0.417. The minimum absolute atomic E-state index is 0.0472. The van der Waals surface area contributed by atoms with E-state index in [4.69, 9.17) is 32.5 Å². The number of benzene rings is 1. The lowest BCUT2D eigenvalue weighted by molar-refractivity contribution is 0.178. The summed E-state index contributed by atoms with van der Waals surface area (Å²) < 4.78 is 38.0. The van der Waals surface area contributed by atoms with Crippen LogP contribution in [0.3, 0.4) is 0 Å². The first-order valence-electron chi connectivity index (χ1n) is 5.76. The van der Waals surface area contributed by atoms with Crippen molar-refractivity contribution in [2.24, 2.45) is 4.99 Å². The minimum Gasteiger partial charge on any atom is -0.468 e. The summed E-state index contributed by atoms with van der Waals surface area (Å²) in [7, 11) is 0. The van der Waals surface area contributed by atoms with Crippen LogP contribution in [0.2, 0.25) is 0 Å². The smallest absolute Gasteiger partial charge is 0.218 e. The highest BCUT2D eigenvalue weighted by atomic mass is 35.5. The van der Waals surface area contributed by atoms with Crippen molar-refractivity contribution in [2.45, 2.75) is 22.7 Å². The molecule has 1 N–H and O–H groups in total. The Labute approximate surface area is 128 Å². The summed E-state index contributed by atoms with van der Waals surface area (Å²) in [5, 5.41) is 0. The van der Waals surface area contributed by atoms with Crippen molar-refractivity contribution >= 4 is 40.2 Å². The van der Waals surface area contributed by atoms with Gasteiger partial charge in [0.25, 0.3) is 0 Å². The fourth-order valence-electron chi connectivity index (χ4n) is 1.93. The van der Waals surface area contributed by atoms with Gasteiger partial charge in [0.1, 0.15) is 12.7 Å². The Balaban J connectivity index is 2.14. The van der Waals surface area contributed by atoms with Crippen LogP contribution in [0.25, 0.3) is 0 Å². The molecule has 0 spiro atoms. The summed E-state index contributed by atoms with van der Waals surface area (Å²) in [5.74, 6) is 0.160. The van der Waals surface area contributed by atoms with Crippen LogP contribution in [0.1, 0.15) is 17.2 Å². The monoisotopic (exact) mass is 339 g/mol. The second-order valence-electron chi connectivity index (χ2n) is 4.24. The normalized spacial score (nSPS) is 23.6. The summed E-state index contributed by atoms with van der Waals surface area (Å²) in [4.78, 5) is 3.08. The molecule has 110 valence electrons. The van der Waals surface area contributed by atoms with E-state index in [1.807, 2.05) is 0 Å². The Morgan fingerprint density at radius 3 is 2.55 bits per heavy atom. The molecule has 3 atom stereocenters. The summed E-state index contributed by atoms with van der Waals surface area (Å²) in [6.07, 6.45) is -0.580. The highest BCUT2D eigenvalue weighted by molar-refractivity contribution is 7.78. The van der Waals surface area contributed by atoms with Crippen LogP contribution in [0, 0.1) is 0 Å². The Bertz CT molecular complexity index is 524. The number of nitrogens with zero attached hydrogens (tertiary/aromatic N) is 1. The van der Waals surface area contributed by atoms with E-state index in [0.29, 0.717) is 11.1 Å². The zero-order chi connectivity index (χ0) is 14.7. The maximum Gasteiger partial charge on any atom is 0.218 e. The van der Waals surface area contributed by atoms with Crippen LogP contribution in [0.15, 0.2) is 29.3 Å². The van der Waals surface area contributed by atoms with Gasteiger partial charge in [0.05, 0.1) is 5.75 Å². The van der Waals surface area contributed by atoms with E-state index >= 15 is 0 Å². The van der Waals surface area contributed by atoms with E-state index < -0.39 is 34.7 Å². The summed E-state index contributed by atoms with van der Waals surface area (Å²) >= 11 is 9.44. The number of ether oxygens (including phenoxy) is 1. The first kappa shape index (κ1) is 15.7. The zero-order valence-corrected chi connectivity index (χ0v) is 12.5. The van der Waals surface area contributed by atoms with Crippen molar-refractivity contribution in [1.82, 2.24) is 0 Å². The highest BCUT2D eigenvalue weighted by Crippen LogP contribution is 2.32. The fourth-order valence-corrected chi connectivity index (χ4v) is 2.62. The van der Waals surface area contributed by atoms with E-state index in [9.17, 15) is 8.60 Å². The quantitative estimate of drug-likeness (QED) is 0.662. The molecule has 1 aliphatic rings. The molecule has 1 unspecified atom stereocenters. The topological polar surface area (TPSA) is 58.9 Å². The zero-order valence-electron chi connectivity index (χ0n) is 10.2. The van der Waals surface area contributed by atoms with Gasteiger partial charge in [-0.25, -0.2) is 13.6 Å². The summed E-state index contributed by atoms with van der Waals surface area (Å²) in [6.45, 7) is -0.683. The Morgan fingerprint density at radius 2 is 2.05 bits per heavy atom. The largest absolute Gasteiger partial charge is 0.468 e. The molecule has 0 aromatic heterocycles. The van der Waals surface area contributed by atoms with E-state index in [0.717, 1.165) is 0 Å². The average Bonchev–Trinajstić information content (AvgIpc) is 2.83. The van der Waals surface area contributed by atoms with Gasteiger partial charge in [0.2, 0.25) is 5.90 Å². The second-order valence-corrected chi connectivity index (χ2v) is 6.26. The molecule has 1 aromatic rings. The van der Waals surface area contributed by atoms with Crippen molar-refractivity contribution in [1.29, 1.82) is 0 Å². The number of hydrogen-bond donors (Lipinski definition) is 1. The molecule has 0 fully saturated rings. The van der Waals surface area contributed by atoms with Gasteiger partial charge in [-0.2, -0.15) is 0 Å². The van der Waals surface area contributed by atoms with Crippen LogP contribution in [0.4, 0.5) is 4.39 Å². The number of rotatable bonds is 5. The molecule has 0 bridgehead atoms. The number of halogens is 3. The predicted molar refractivity (Wildman–Crippen MR) is 77.4 cm³/mol. The molecule has 0 saturated heterocycles. The molecule has 0 amide bonds. The number of aliphatic imine (C=N–C) groups is 1. The molecule has 4 nitrogen and oxygen atoms in total. The van der Waals surface area contributed by atoms with Gasteiger partial charge in [0.15, 0.2) is 22.0 Å². The first-order valence-corrected chi connectivity index (χ1v) is 7.91. The van der Waals surface area contributed by atoms with E-state index in [1.54, 1.807) is 24.3 Å². The SMILES string of the molecule is O=S(O)Cc1ccc([C@H]2OC(C(Cl)Cl)=N[C@@H]2CF)cc1. The van der Waals surface area contributed by atoms with Gasteiger partial charge < -0.3 is 9.29 Å². The molecule has 0 radical (unpaired) electrons. The average molecular weight is 340 g/mol. The Kier molecular flexibility index (Phi) is 5.37. The number of alkyl halides is 3. The van der Waals surface area contributed by atoms with Gasteiger partial charge >= 0.3 is 0 Å². The maximum atomic E-state index is 13.0. The third-order valence-electron chi connectivity index (χ3n) is 2.83. The third-order valence-corrected chi connectivity index (χ3v) is 3.79. The first-order chi connectivity index (χ1) is 9.51. The molecule has 0 saturated carbocycles. The van der Waals surface area contributed by atoms with Gasteiger partial charge in [-0.05, 0) is 11.1 Å². The molecule has 1 aliphatic heterocycles. The lowest BCUT2D eigenvalue weighted by Gasteiger charge is -2.16.